The number of nitrogen functional groups attached to an aromatic ring is 1. The summed E-state index contributed by atoms with van der Waals surface area (Å²) in [6, 6.07) is 1.46. The molecular formula is C11H13F2N3O2. The summed E-state index contributed by atoms with van der Waals surface area (Å²) in [4.78, 5) is 22.5. The van der Waals surface area contributed by atoms with Crippen molar-refractivity contribution < 1.29 is 18.4 Å². The van der Waals surface area contributed by atoms with Crippen LogP contribution in [-0.2, 0) is 4.79 Å². The zero-order valence-corrected chi connectivity index (χ0v) is 9.72. The van der Waals surface area contributed by atoms with E-state index >= 15 is 0 Å². The first-order valence-corrected chi connectivity index (χ1v) is 5.19. The molecule has 0 fully saturated rings. The summed E-state index contributed by atoms with van der Waals surface area (Å²) in [6.45, 7) is 0.0803. The maximum Gasteiger partial charge on any atom is 0.253 e. The molecule has 1 aromatic carbocycles. The van der Waals surface area contributed by atoms with Crippen LogP contribution in [0.1, 0.15) is 16.8 Å². The van der Waals surface area contributed by atoms with Gasteiger partial charge < -0.3 is 16.4 Å². The van der Waals surface area contributed by atoms with E-state index in [9.17, 15) is 18.4 Å². The number of rotatable bonds is 4. The molecule has 1 aromatic rings. The van der Waals surface area contributed by atoms with Gasteiger partial charge in [0.25, 0.3) is 5.91 Å². The normalized spacial score (nSPS) is 9.94. The van der Waals surface area contributed by atoms with Gasteiger partial charge in [-0.1, -0.05) is 0 Å². The number of hydrogen-bond donors (Lipinski definition) is 3. The zero-order valence-electron chi connectivity index (χ0n) is 9.72. The fourth-order valence-electron chi connectivity index (χ4n) is 1.27. The molecule has 0 saturated carbocycles. The maximum absolute atomic E-state index is 12.9. The fraction of sp³-hybridized carbons (Fsp3) is 0.273. The second-order valence-electron chi connectivity index (χ2n) is 3.53. The molecule has 0 atom stereocenters. The summed E-state index contributed by atoms with van der Waals surface area (Å²) >= 11 is 0. The highest BCUT2D eigenvalue weighted by Gasteiger charge is 2.14. The van der Waals surface area contributed by atoms with Crippen LogP contribution in [0.25, 0.3) is 0 Å². The summed E-state index contributed by atoms with van der Waals surface area (Å²) in [5.74, 6) is -3.17. The molecule has 0 heterocycles. The standard InChI is InChI=1S/C11H13F2N3O2/c1-15-10(17)2-3-16-11(18)6-4-7(12)8(13)5-9(6)14/h4-5H,2-3,14H2,1H3,(H,15,17)(H,16,18). The lowest BCUT2D eigenvalue weighted by atomic mass is 10.1. The molecule has 1 rings (SSSR count). The van der Waals surface area contributed by atoms with E-state index in [0.717, 1.165) is 12.1 Å². The van der Waals surface area contributed by atoms with Crippen molar-refractivity contribution in [1.29, 1.82) is 0 Å². The average molecular weight is 257 g/mol. The van der Waals surface area contributed by atoms with Gasteiger partial charge in [-0.05, 0) is 6.07 Å². The molecule has 0 spiro atoms. The molecular weight excluding hydrogens is 244 g/mol. The molecule has 2 amide bonds. The number of hydrogen-bond acceptors (Lipinski definition) is 3. The zero-order chi connectivity index (χ0) is 13.7. The van der Waals surface area contributed by atoms with E-state index in [1.807, 2.05) is 0 Å². The van der Waals surface area contributed by atoms with Crippen LogP contribution >= 0.6 is 0 Å². The van der Waals surface area contributed by atoms with Crippen LogP contribution in [0.5, 0.6) is 0 Å². The minimum Gasteiger partial charge on any atom is -0.398 e. The van der Waals surface area contributed by atoms with Gasteiger partial charge in [-0.25, -0.2) is 8.78 Å². The van der Waals surface area contributed by atoms with Gasteiger partial charge in [-0.3, -0.25) is 9.59 Å². The molecule has 0 aromatic heterocycles. The summed E-state index contributed by atoms with van der Waals surface area (Å²) in [7, 11) is 1.47. The van der Waals surface area contributed by atoms with Crippen molar-refractivity contribution in [2.75, 3.05) is 19.3 Å². The number of carbonyl (C=O) groups is 2. The molecule has 7 heteroatoms. The summed E-state index contributed by atoms with van der Waals surface area (Å²) in [5.41, 5.74) is 5.08. The number of benzene rings is 1. The minimum atomic E-state index is -1.15. The van der Waals surface area contributed by atoms with E-state index in [2.05, 4.69) is 10.6 Å². The van der Waals surface area contributed by atoms with E-state index in [0.29, 0.717) is 0 Å². The van der Waals surface area contributed by atoms with Crippen molar-refractivity contribution in [2.24, 2.45) is 0 Å². The Labute approximate surface area is 102 Å². The van der Waals surface area contributed by atoms with E-state index in [1.165, 1.54) is 7.05 Å². The van der Waals surface area contributed by atoms with Gasteiger partial charge in [0.2, 0.25) is 5.91 Å². The number of amides is 2. The van der Waals surface area contributed by atoms with Crippen LogP contribution in [-0.4, -0.2) is 25.4 Å². The molecule has 98 valence electrons. The Bertz CT molecular complexity index is 478. The first-order valence-electron chi connectivity index (χ1n) is 5.19. The fourth-order valence-corrected chi connectivity index (χ4v) is 1.27. The quantitative estimate of drug-likeness (QED) is 0.683. The summed E-state index contributed by atoms with van der Waals surface area (Å²) in [5, 5.41) is 4.76. The van der Waals surface area contributed by atoms with Crippen LogP contribution < -0.4 is 16.4 Å². The molecule has 0 bridgehead atoms. The highest BCUT2D eigenvalue weighted by molar-refractivity contribution is 5.99. The average Bonchev–Trinajstić information content (AvgIpc) is 2.33. The van der Waals surface area contributed by atoms with Gasteiger partial charge in [0.05, 0.1) is 5.56 Å². The van der Waals surface area contributed by atoms with Gasteiger partial charge in [-0.15, -0.1) is 0 Å². The first-order chi connectivity index (χ1) is 8.45. The van der Waals surface area contributed by atoms with Crippen molar-refractivity contribution in [1.82, 2.24) is 10.6 Å². The molecule has 0 aliphatic carbocycles. The van der Waals surface area contributed by atoms with Crippen LogP contribution in [0, 0.1) is 11.6 Å². The van der Waals surface area contributed by atoms with E-state index in [4.69, 9.17) is 5.73 Å². The number of nitrogens with one attached hydrogen (secondary N) is 2. The number of anilines is 1. The summed E-state index contributed by atoms with van der Waals surface area (Å²) < 4.78 is 25.7. The van der Waals surface area contributed by atoms with Crippen LogP contribution in [0.15, 0.2) is 12.1 Å². The number of halogens is 2. The molecule has 0 aliphatic rings. The first kappa shape index (κ1) is 13.9. The molecule has 4 N–H and O–H groups in total. The van der Waals surface area contributed by atoms with E-state index in [1.54, 1.807) is 0 Å². The number of carbonyl (C=O) groups excluding carboxylic acids is 2. The Morgan fingerprint density at radius 1 is 1.28 bits per heavy atom. The number of nitrogens with two attached hydrogens (primary N) is 1. The third-order valence-electron chi connectivity index (χ3n) is 2.25. The van der Waals surface area contributed by atoms with Crippen molar-refractivity contribution in [3.63, 3.8) is 0 Å². The predicted molar refractivity (Wildman–Crippen MR) is 61.8 cm³/mol. The maximum atomic E-state index is 12.9. The van der Waals surface area contributed by atoms with Gasteiger partial charge in [-0.2, -0.15) is 0 Å². The Kier molecular flexibility index (Phi) is 4.59. The van der Waals surface area contributed by atoms with Crippen molar-refractivity contribution in [3.05, 3.63) is 29.3 Å². The molecule has 0 aliphatic heterocycles. The lowest BCUT2D eigenvalue weighted by Gasteiger charge is -2.07. The minimum absolute atomic E-state index is 0.0803. The molecule has 5 nitrogen and oxygen atoms in total. The second kappa shape index (κ2) is 5.95. The Morgan fingerprint density at radius 2 is 1.89 bits per heavy atom. The molecule has 18 heavy (non-hydrogen) atoms. The van der Waals surface area contributed by atoms with Crippen LogP contribution in [0.3, 0.4) is 0 Å². The Hall–Kier alpha value is -2.18. The van der Waals surface area contributed by atoms with Gasteiger partial charge in [0, 0.05) is 31.8 Å². The highest BCUT2D eigenvalue weighted by atomic mass is 19.2. The van der Waals surface area contributed by atoms with Gasteiger partial charge in [0.15, 0.2) is 11.6 Å². The Morgan fingerprint density at radius 3 is 2.50 bits per heavy atom. The SMILES string of the molecule is CNC(=O)CCNC(=O)c1cc(F)c(F)cc1N. The van der Waals surface area contributed by atoms with Crippen molar-refractivity contribution in [3.8, 4) is 0 Å². The second-order valence-corrected chi connectivity index (χ2v) is 3.53. The van der Waals surface area contributed by atoms with Crippen molar-refractivity contribution >= 4 is 17.5 Å². The van der Waals surface area contributed by atoms with E-state index < -0.39 is 17.5 Å². The molecule has 0 radical (unpaired) electrons. The third kappa shape index (κ3) is 3.41. The highest BCUT2D eigenvalue weighted by Crippen LogP contribution is 2.16. The monoisotopic (exact) mass is 257 g/mol. The topological polar surface area (TPSA) is 84.2 Å². The van der Waals surface area contributed by atoms with E-state index in [-0.39, 0.29) is 30.1 Å². The van der Waals surface area contributed by atoms with Gasteiger partial charge >= 0.3 is 0 Å². The molecule has 0 unspecified atom stereocenters. The molecule has 0 saturated heterocycles. The lowest BCUT2D eigenvalue weighted by Crippen LogP contribution is -2.29. The predicted octanol–water partition coefficient (Wildman–Crippen LogP) is 0.413. The lowest BCUT2D eigenvalue weighted by molar-refractivity contribution is -0.120. The van der Waals surface area contributed by atoms with Crippen molar-refractivity contribution in [2.45, 2.75) is 6.42 Å². The smallest absolute Gasteiger partial charge is 0.253 e. The van der Waals surface area contributed by atoms with Crippen LogP contribution in [0.4, 0.5) is 14.5 Å². The van der Waals surface area contributed by atoms with Crippen LogP contribution in [0.2, 0.25) is 0 Å². The Balaban J connectivity index is 2.67. The third-order valence-corrected chi connectivity index (χ3v) is 2.25. The largest absolute Gasteiger partial charge is 0.398 e. The van der Waals surface area contributed by atoms with Gasteiger partial charge in [0.1, 0.15) is 0 Å². The summed E-state index contributed by atoms with van der Waals surface area (Å²) in [6.07, 6.45) is 0.0891.